The lowest BCUT2D eigenvalue weighted by Crippen LogP contribution is -1.85. The van der Waals surface area contributed by atoms with Crippen molar-refractivity contribution < 1.29 is 9.26 Å². The fourth-order valence-corrected chi connectivity index (χ4v) is 2.01. The minimum atomic E-state index is -0.852. The second kappa shape index (κ2) is 3.73. The third-order valence-corrected chi connectivity index (χ3v) is 2.56. The van der Waals surface area contributed by atoms with Crippen LogP contribution in [0.5, 0.6) is 11.5 Å². The Bertz CT molecular complexity index is 314. The van der Waals surface area contributed by atoms with E-state index in [4.69, 9.17) is 20.5 Å². The van der Waals surface area contributed by atoms with Crippen molar-refractivity contribution in [2.75, 3.05) is 13.3 Å². The predicted molar refractivity (Wildman–Crippen MR) is 55.0 cm³/mol. The summed E-state index contributed by atoms with van der Waals surface area (Å²) in [7, 11) is -0.852. The van der Waals surface area contributed by atoms with Crippen molar-refractivity contribution in [3.05, 3.63) is 23.8 Å². The predicted octanol–water partition coefficient (Wildman–Crippen LogP) is 3.18. The van der Waals surface area contributed by atoms with Crippen LogP contribution in [0.15, 0.2) is 18.2 Å². The van der Waals surface area contributed by atoms with Crippen LogP contribution in [0, 0.1) is 0 Å². The van der Waals surface area contributed by atoms with Crippen LogP contribution >= 0.6 is 18.7 Å². The fraction of sp³-hybridized carbons (Fsp3) is 0.333. The molecule has 0 bridgehead atoms. The standard InChI is InChI=1S/C9H10ClO2P/c1-13(10)12-8-2-3-9-7(6-8)4-5-11-9/h2-3,6H,4-5H2,1H3. The van der Waals surface area contributed by atoms with Crippen LogP contribution in [0.1, 0.15) is 5.56 Å². The highest BCUT2D eigenvalue weighted by Gasteiger charge is 2.12. The first-order chi connectivity index (χ1) is 6.25. The second-order valence-corrected chi connectivity index (χ2v) is 5.33. The minimum absolute atomic E-state index is 0.778. The SMILES string of the molecule is CP(Cl)Oc1ccc2c(c1)CCO2. The summed E-state index contributed by atoms with van der Waals surface area (Å²) in [6.07, 6.45) is 0.969. The van der Waals surface area contributed by atoms with Gasteiger partial charge in [0.15, 0.2) is 7.50 Å². The van der Waals surface area contributed by atoms with E-state index in [1.807, 2.05) is 24.9 Å². The number of fused-ring (bicyclic) bond motifs is 1. The molecule has 1 aromatic carbocycles. The normalized spacial score (nSPS) is 16.2. The van der Waals surface area contributed by atoms with Crippen molar-refractivity contribution in [2.45, 2.75) is 6.42 Å². The molecule has 1 aliphatic rings. The fourth-order valence-electron chi connectivity index (χ4n) is 1.36. The molecule has 2 rings (SSSR count). The lowest BCUT2D eigenvalue weighted by molar-refractivity contribution is 0.356. The third kappa shape index (κ3) is 2.07. The van der Waals surface area contributed by atoms with Crippen molar-refractivity contribution in [1.29, 1.82) is 0 Å². The summed E-state index contributed by atoms with van der Waals surface area (Å²) in [4.78, 5) is 0. The van der Waals surface area contributed by atoms with Gasteiger partial charge in [0.25, 0.3) is 0 Å². The summed E-state index contributed by atoms with van der Waals surface area (Å²) < 4.78 is 10.8. The molecule has 0 aliphatic carbocycles. The lowest BCUT2D eigenvalue weighted by atomic mass is 10.2. The first kappa shape index (κ1) is 9.11. The van der Waals surface area contributed by atoms with Gasteiger partial charge in [-0.2, -0.15) is 0 Å². The molecule has 1 aliphatic heterocycles. The molecule has 0 saturated carbocycles. The van der Waals surface area contributed by atoms with Crippen LogP contribution in [-0.2, 0) is 6.42 Å². The van der Waals surface area contributed by atoms with Gasteiger partial charge in [-0.15, -0.1) is 0 Å². The molecule has 1 aromatic rings. The molecule has 0 fully saturated rings. The Hall–Kier alpha value is -0.460. The van der Waals surface area contributed by atoms with Crippen LogP contribution in [-0.4, -0.2) is 13.3 Å². The van der Waals surface area contributed by atoms with Gasteiger partial charge in [0.05, 0.1) is 6.61 Å². The van der Waals surface area contributed by atoms with Gasteiger partial charge in [0.1, 0.15) is 11.5 Å². The highest BCUT2D eigenvalue weighted by Crippen LogP contribution is 2.40. The zero-order chi connectivity index (χ0) is 9.26. The highest BCUT2D eigenvalue weighted by atomic mass is 35.7. The van der Waals surface area contributed by atoms with Crippen molar-refractivity contribution >= 4 is 18.7 Å². The molecule has 0 N–H and O–H groups in total. The largest absolute Gasteiger partial charge is 0.493 e. The molecule has 13 heavy (non-hydrogen) atoms. The maximum Gasteiger partial charge on any atom is 0.179 e. The van der Waals surface area contributed by atoms with E-state index < -0.39 is 7.50 Å². The Morgan fingerprint density at radius 2 is 2.38 bits per heavy atom. The molecule has 1 atom stereocenters. The van der Waals surface area contributed by atoms with Crippen LogP contribution in [0.3, 0.4) is 0 Å². The van der Waals surface area contributed by atoms with Crippen molar-refractivity contribution in [3.63, 3.8) is 0 Å². The molecular formula is C9H10ClO2P. The molecule has 0 aromatic heterocycles. The van der Waals surface area contributed by atoms with E-state index in [0.717, 1.165) is 24.5 Å². The van der Waals surface area contributed by atoms with Gasteiger partial charge >= 0.3 is 0 Å². The lowest BCUT2D eigenvalue weighted by Gasteiger charge is -2.07. The van der Waals surface area contributed by atoms with Crippen molar-refractivity contribution in [3.8, 4) is 11.5 Å². The zero-order valence-electron chi connectivity index (χ0n) is 7.29. The average Bonchev–Trinajstić information content (AvgIpc) is 2.49. The number of hydrogen-bond donors (Lipinski definition) is 0. The topological polar surface area (TPSA) is 18.5 Å². The molecule has 70 valence electrons. The highest BCUT2D eigenvalue weighted by molar-refractivity contribution is 7.79. The van der Waals surface area contributed by atoms with Gasteiger partial charge in [0.2, 0.25) is 0 Å². The number of rotatable bonds is 2. The van der Waals surface area contributed by atoms with Crippen molar-refractivity contribution in [1.82, 2.24) is 0 Å². The van der Waals surface area contributed by atoms with E-state index in [9.17, 15) is 0 Å². The molecule has 4 heteroatoms. The van der Waals surface area contributed by atoms with E-state index in [-0.39, 0.29) is 0 Å². The maximum absolute atomic E-state index is 5.77. The van der Waals surface area contributed by atoms with Gasteiger partial charge < -0.3 is 9.26 Å². The summed E-state index contributed by atoms with van der Waals surface area (Å²) in [5, 5.41) is 0. The number of ether oxygens (including phenoxy) is 1. The smallest absolute Gasteiger partial charge is 0.179 e. The molecule has 0 amide bonds. The Morgan fingerprint density at radius 1 is 1.54 bits per heavy atom. The van der Waals surface area contributed by atoms with Crippen LogP contribution in [0.25, 0.3) is 0 Å². The summed E-state index contributed by atoms with van der Waals surface area (Å²) in [5.41, 5.74) is 1.21. The summed E-state index contributed by atoms with van der Waals surface area (Å²) in [6, 6.07) is 5.84. The van der Waals surface area contributed by atoms with Crippen LogP contribution < -0.4 is 9.26 Å². The van der Waals surface area contributed by atoms with E-state index in [1.54, 1.807) is 0 Å². The Balaban J connectivity index is 2.21. The zero-order valence-corrected chi connectivity index (χ0v) is 8.94. The monoisotopic (exact) mass is 216 g/mol. The average molecular weight is 217 g/mol. The second-order valence-electron chi connectivity index (χ2n) is 2.88. The van der Waals surface area contributed by atoms with E-state index in [0.29, 0.717) is 0 Å². The molecule has 1 unspecified atom stereocenters. The molecule has 1 heterocycles. The van der Waals surface area contributed by atoms with Gasteiger partial charge in [-0.25, -0.2) is 0 Å². The van der Waals surface area contributed by atoms with Gasteiger partial charge in [-0.05, 0) is 18.2 Å². The van der Waals surface area contributed by atoms with E-state index in [2.05, 4.69) is 0 Å². The number of hydrogen-bond acceptors (Lipinski definition) is 2. The Kier molecular flexibility index (Phi) is 2.61. The van der Waals surface area contributed by atoms with Gasteiger partial charge in [-0.3, -0.25) is 0 Å². The van der Waals surface area contributed by atoms with E-state index >= 15 is 0 Å². The summed E-state index contributed by atoms with van der Waals surface area (Å²) in [6.45, 7) is 2.64. The molecule has 2 nitrogen and oxygen atoms in total. The molecule has 0 spiro atoms. The quantitative estimate of drug-likeness (QED) is 0.707. The first-order valence-electron chi connectivity index (χ1n) is 4.09. The molecular weight excluding hydrogens is 207 g/mol. The van der Waals surface area contributed by atoms with Crippen LogP contribution in [0.4, 0.5) is 0 Å². The molecule has 0 radical (unpaired) electrons. The van der Waals surface area contributed by atoms with Gasteiger partial charge in [0, 0.05) is 18.6 Å². The van der Waals surface area contributed by atoms with Gasteiger partial charge in [-0.1, -0.05) is 11.2 Å². The maximum atomic E-state index is 5.77. The minimum Gasteiger partial charge on any atom is -0.493 e. The summed E-state index contributed by atoms with van der Waals surface area (Å²) >= 11 is 5.77. The van der Waals surface area contributed by atoms with Crippen molar-refractivity contribution in [2.24, 2.45) is 0 Å². The molecule has 0 saturated heterocycles. The number of benzene rings is 1. The first-order valence-corrected chi connectivity index (χ1v) is 6.70. The number of halogens is 1. The Labute approximate surface area is 83.4 Å². The Morgan fingerprint density at radius 3 is 3.15 bits per heavy atom. The third-order valence-electron chi connectivity index (χ3n) is 1.89. The van der Waals surface area contributed by atoms with E-state index in [1.165, 1.54) is 5.56 Å². The van der Waals surface area contributed by atoms with Crippen LogP contribution in [0.2, 0.25) is 0 Å². The summed E-state index contributed by atoms with van der Waals surface area (Å²) in [5.74, 6) is 1.82.